The van der Waals surface area contributed by atoms with Crippen LogP contribution in [0.1, 0.15) is 5.69 Å². The molecule has 0 amide bonds. The molecule has 5 heteroatoms. The van der Waals surface area contributed by atoms with Gasteiger partial charge in [-0.05, 0) is 54.7 Å². The Bertz CT molecular complexity index is 238. The van der Waals surface area contributed by atoms with E-state index in [-0.39, 0.29) is 0 Å². The number of hydrogen-bond acceptors (Lipinski definition) is 2. The first kappa shape index (κ1) is 8.62. The third-order valence-corrected chi connectivity index (χ3v) is 3.36. The van der Waals surface area contributed by atoms with E-state index in [0.29, 0.717) is 4.73 Å². The van der Waals surface area contributed by atoms with Gasteiger partial charge in [-0.25, -0.2) is 9.97 Å². The number of aromatic nitrogens is 2. The second kappa shape index (κ2) is 3.28. The summed E-state index contributed by atoms with van der Waals surface area (Å²) in [6, 6.07) is 0. The summed E-state index contributed by atoms with van der Waals surface area (Å²) >= 11 is 9.76. The van der Waals surface area contributed by atoms with Crippen molar-refractivity contribution >= 4 is 47.8 Å². The maximum Gasteiger partial charge on any atom is 0.197 e. The topological polar surface area (TPSA) is 25.8 Å². The highest BCUT2D eigenvalue weighted by Gasteiger charge is 2.03. The van der Waals surface area contributed by atoms with Gasteiger partial charge in [-0.1, -0.05) is 0 Å². The average molecular weight is 331 g/mol. The minimum Gasteiger partial charge on any atom is -0.226 e. The number of aryl methyl sites for hydroxylation is 1. The van der Waals surface area contributed by atoms with E-state index >= 15 is 0 Å². The van der Waals surface area contributed by atoms with Crippen LogP contribution in [0.3, 0.4) is 0 Å². The molecule has 0 saturated heterocycles. The molecule has 2 nitrogen and oxygen atoms in total. The van der Waals surface area contributed by atoms with Gasteiger partial charge in [0.05, 0.1) is 10.2 Å². The van der Waals surface area contributed by atoms with Gasteiger partial charge in [0.25, 0.3) is 0 Å². The summed E-state index contributed by atoms with van der Waals surface area (Å²) in [5.41, 5.74) is 0.911. The minimum absolute atomic E-state index is 0.597. The second-order valence-electron chi connectivity index (χ2n) is 1.68. The normalized spacial score (nSPS) is 10.0. The summed E-state index contributed by atoms with van der Waals surface area (Å²) in [5.74, 6) is 0. The van der Waals surface area contributed by atoms with E-state index in [4.69, 9.17) is 0 Å². The van der Waals surface area contributed by atoms with Crippen molar-refractivity contribution in [1.29, 1.82) is 0 Å². The maximum atomic E-state index is 4.06. The first-order valence-corrected chi connectivity index (χ1v) is 4.84. The third kappa shape index (κ3) is 1.77. The van der Waals surface area contributed by atoms with Crippen LogP contribution < -0.4 is 0 Å². The van der Waals surface area contributed by atoms with Gasteiger partial charge in [0, 0.05) is 0 Å². The molecule has 0 atom stereocenters. The van der Waals surface area contributed by atoms with Crippen LogP contribution in [0, 0.1) is 6.92 Å². The van der Waals surface area contributed by atoms with Crippen molar-refractivity contribution in [3.05, 3.63) is 19.5 Å². The first-order chi connectivity index (χ1) is 4.61. The monoisotopic (exact) mass is 328 g/mol. The molecule has 1 heterocycles. The zero-order valence-electron chi connectivity index (χ0n) is 5.03. The average Bonchev–Trinajstić information content (AvgIpc) is 1.82. The summed E-state index contributed by atoms with van der Waals surface area (Å²) in [5, 5.41) is 0. The largest absolute Gasteiger partial charge is 0.226 e. The van der Waals surface area contributed by atoms with Crippen molar-refractivity contribution in [2.45, 2.75) is 6.92 Å². The van der Waals surface area contributed by atoms with Crippen molar-refractivity contribution in [1.82, 2.24) is 9.97 Å². The molecule has 0 aromatic carbocycles. The number of rotatable bonds is 0. The predicted octanol–water partition coefficient (Wildman–Crippen LogP) is 3.07. The van der Waals surface area contributed by atoms with Crippen molar-refractivity contribution < 1.29 is 0 Å². The SMILES string of the molecule is Cc1nc(Br)nc(Br)c1Br. The van der Waals surface area contributed by atoms with Crippen LogP contribution >= 0.6 is 47.8 Å². The van der Waals surface area contributed by atoms with E-state index < -0.39 is 0 Å². The maximum absolute atomic E-state index is 4.06. The fourth-order valence-electron chi connectivity index (χ4n) is 0.492. The van der Waals surface area contributed by atoms with Gasteiger partial charge in [-0.2, -0.15) is 0 Å². The van der Waals surface area contributed by atoms with Crippen LogP contribution in [0.15, 0.2) is 13.8 Å². The lowest BCUT2D eigenvalue weighted by molar-refractivity contribution is 1.02. The lowest BCUT2D eigenvalue weighted by Crippen LogP contribution is -1.89. The van der Waals surface area contributed by atoms with Gasteiger partial charge in [-0.15, -0.1) is 0 Å². The molecular weight excluding hydrogens is 328 g/mol. The number of hydrogen-bond donors (Lipinski definition) is 0. The Morgan fingerprint density at radius 2 is 1.70 bits per heavy atom. The molecule has 0 fully saturated rings. The Morgan fingerprint density at radius 3 is 2.20 bits per heavy atom. The Balaban J connectivity index is 3.31. The van der Waals surface area contributed by atoms with Crippen LogP contribution in [0.4, 0.5) is 0 Å². The number of nitrogens with zero attached hydrogens (tertiary/aromatic N) is 2. The molecule has 0 aliphatic rings. The van der Waals surface area contributed by atoms with Crippen molar-refractivity contribution in [2.24, 2.45) is 0 Å². The summed E-state index contributed by atoms with van der Waals surface area (Å²) in [6.07, 6.45) is 0. The molecule has 1 aromatic heterocycles. The summed E-state index contributed by atoms with van der Waals surface area (Å²) in [7, 11) is 0. The Labute approximate surface area is 83.8 Å². The van der Waals surface area contributed by atoms with Crippen LogP contribution in [-0.4, -0.2) is 9.97 Å². The highest BCUT2D eigenvalue weighted by atomic mass is 79.9. The summed E-state index contributed by atoms with van der Waals surface area (Å²) in [4.78, 5) is 8.07. The van der Waals surface area contributed by atoms with Gasteiger partial charge in [0.2, 0.25) is 0 Å². The van der Waals surface area contributed by atoms with Gasteiger partial charge in [0.1, 0.15) is 4.60 Å². The third-order valence-electron chi connectivity index (χ3n) is 0.949. The van der Waals surface area contributed by atoms with E-state index in [1.54, 1.807) is 0 Å². The zero-order valence-corrected chi connectivity index (χ0v) is 9.79. The lowest BCUT2D eigenvalue weighted by atomic mass is 10.5. The number of halogens is 3. The van der Waals surface area contributed by atoms with Crippen LogP contribution in [0.2, 0.25) is 0 Å². The Morgan fingerprint density at radius 1 is 1.10 bits per heavy atom. The standard InChI is InChI=1S/C5H3Br3N2/c1-2-3(6)4(7)10-5(8)9-2/h1H3. The summed E-state index contributed by atoms with van der Waals surface area (Å²) < 4.78 is 2.27. The molecule has 0 N–H and O–H groups in total. The van der Waals surface area contributed by atoms with Gasteiger partial charge in [-0.3, -0.25) is 0 Å². The molecule has 0 bridgehead atoms. The molecule has 10 heavy (non-hydrogen) atoms. The highest BCUT2D eigenvalue weighted by Crippen LogP contribution is 2.24. The smallest absolute Gasteiger partial charge is 0.197 e. The first-order valence-electron chi connectivity index (χ1n) is 2.46. The quantitative estimate of drug-likeness (QED) is 0.539. The fraction of sp³-hybridized carbons (Fsp3) is 0.200. The van der Waals surface area contributed by atoms with E-state index in [1.807, 2.05) is 6.92 Å². The van der Waals surface area contributed by atoms with Gasteiger partial charge in [0.15, 0.2) is 4.73 Å². The molecule has 0 unspecified atom stereocenters. The van der Waals surface area contributed by atoms with Gasteiger partial charge < -0.3 is 0 Å². The summed E-state index contributed by atoms with van der Waals surface area (Å²) in [6.45, 7) is 1.90. The van der Waals surface area contributed by atoms with E-state index in [9.17, 15) is 0 Å². The van der Waals surface area contributed by atoms with Crippen LogP contribution in [0.25, 0.3) is 0 Å². The van der Waals surface area contributed by atoms with E-state index in [2.05, 4.69) is 57.8 Å². The molecule has 0 spiro atoms. The van der Waals surface area contributed by atoms with Crippen LogP contribution in [-0.2, 0) is 0 Å². The second-order valence-corrected chi connectivity index (χ2v) is 3.94. The Kier molecular flexibility index (Phi) is 2.82. The molecule has 1 rings (SSSR count). The highest BCUT2D eigenvalue weighted by molar-refractivity contribution is 9.13. The predicted molar refractivity (Wildman–Crippen MR) is 49.9 cm³/mol. The van der Waals surface area contributed by atoms with Crippen LogP contribution in [0.5, 0.6) is 0 Å². The molecule has 1 aromatic rings. The lowest BCUT2D eigenvalue weighted by Gasteiger charge is -1.98. The molecule has 54 valence electrons. The fourth-order valence-corrected chi connectivity index (χ4v) is 1.81. The van der Waals surface area contributed by atoms with Crippen molar-refractivity contribution in [3.63, 3.8) is 0 Å². The zero-order chi connectivity index (χ0) is 7.72. The minimum atomic E-state index is 0.597. The molecule has 0 radical (unpaired) electrons. The molecule has 0 aliphatic heterocycles. The molecular formula is C5H3Br3N2. The van der Waals surface area contributed by atoms with Crippen molar-refractivity contribution in [2.75, 3.05) is 0 Å². The van der Waals surface area contributed by atoms with E-state index in [1.165, 1.54) is 0 Å². The molecule has 0 aliphatic carbocycles. The Hall–Kier alpha value is 0.520. The molecule has 0 saturated carbocycles. The van der Waals surface area contributed by atoms with Gasteiger partial charge >= 0.3 is 0 Å². The van der Waals surface area contributed by atoms with Crippen molar-refractivity contribution in [3.8, 4) is 0 Å². The van der Waals surface area contributed by atoms with E-state index in [0.717, 1.165) is 14.8 Å².